The third kappa shape index (κ3) is 2.17. The van der Waals surface area contributed by atoms with Crippen LogP contribution in [0.2, 0.25) is 0 Å². The molecule has 1 aromatic carbocycles. The van der Waals surface area contributed by atoms with E-state index in [9.17, 15) is 8.42 Å². The highest BCUT2D eigenvalue weighted by atomic mass is 32.2. The number of anilines is 2. The van der Waals surface area contributed by atoms with Crippen molar-refractivity contribution in [1.82, 2.24) is 0 Å². The molecule has 0 aliphatic heterocycles. The summed E-state index contributed by atoms with van der Waals surface area (Å²) in [5.74, 6) is 0. The Labute approximate surface area is 83.8 Å². The normalized spacial score (nSPS) is 13.9. The Morgan fingerprint density at radius 3 is 2.36 bits per heavy atom. The van der Waals surface area contributed by atoms with E-state index in [-0.39, 0.29) is 0 Å². The van der Waals surface area contributed by atoms with Crippen LogP contribution in [0, 0.1) is 0 Å². The number of sulfone groups is 1. The molecule has 0 radical (unpaired) electrons. The summed E-state index contributed by atoms with van der Waals surface area (Å²) >= 11 is 0. The summed E-state index contributed by atoms with van der Waals surface area (Å²) in [7, 11) is -3.13. The van der Waals surface area contributed by atoms with Gasteiger partial charge in [-0.1, -0.05) is 0 Å². The van der Waals surface area contributed by atoms with Crippen LogP contribution in [0.1, 0.15) is 17.7 Å². The molecule has 0 aromatic heterocycles. The first-order chi connectivity index (χ1) is 6.32. The highest BCUT2D eigenvalue weighted by Crippen LogP contribution is 2.27. The van der Waals surface area contributed by atoms with E-state index < -0.39 is 15.1 Å². The molecule has 0 bridgehead atoms. The van der Waals surface area contributed by atoms with Gasteiger partial charge in [0.2, 0.25) is 0 Å². The van der Waals surface area contributed by atoms with E-state index in [0.29, 0.717) is 16.9 Å². The average molecular weight is 214 g/mol. The van der Waals surface area contributed by atoms with Gasteiger partial charge in [0.15, 0.2) is 9.84 Å². The first-order valence-electron chi connectivity index (χ1n) is 4.16. The molecule has 14 heavy (non-hydrogen) atoms. The highest BCUT2D eigenvalue weighted by Gasteiger charge is 2.19. The van der Waals surface area contributed by atoms with Gasteiger partial charge in [-0.2, -0.15) is 0 Å². The van der Waals surface area contributed by atoms with Crippen LogP contribution in [-0.4, -0.2) is 14.7 Å². The van der Waals surface area contributed by atoms with Crippen LogP contribution in [0.4, 0.5) is 11.4 Å². The summed E-state index contributed by atoms with van der Waals surface area (Å²) in [6.07, 6.45) is 1.18. The summed E-state index contributed by atoms with van der Waals surface area (Å²) in [6.45, 7) is 1.60. The molecule has 0 aliphatic rings. The lowest BCUT2D eigenvalue weighted by Crippen LogP contribution is -2.10. The fourth-order valence-electron chi connectivity index (χ4n) is 1.18. The minimum Gasteiger partial charge on any atom is -0.399 e. The van der Waals surface area contributed by atoms with Crippen molar-refractivity contribution in [2.24, 2.45) is 0 Å². The molecule has 0 spiro atoms. The molecule has 1 atom stereocenters. The Morgan fingerprint density at radius 2 is 1.86 bits per heavy atom. The lowest BCUT2D eigenvalue weighted by Gasteiger charge is -2.12. The van der Waals surface area contributed by atoms with E-state index in [4.69, 9.17) is 11.5 Å². The smallest absolute Gasteiger partial charge is 0.154 e. The van der Waals surface area contributed by atoms with Crippen LogP contribution in [-0.2, 0) is 9.84 Å². The van der Waals surface area contributed by atoms with Gasteiger partial charge in [-0.05, 0) is 30.7 Å². The molecule has 0 saturated carbocycles. The fraction of sp³-hybridized carbons (Fsp3) is 0.333. The van der Waals surface area contributed by atoms with E-state index in [1.807, 2.05) is 0 Å². The van der Waals surface area contributed by atoms with Gasteiger partial charge in [0.25, 0.3) is 0 Å². The van der Waals surface area contributed by atoms with Crippen molar-refractivity contribution in [3.63, 3.8) is 0 Å². The fourth-order valence-corrected chi connectivity index (χ4v) is 1.84. The monoisotopic (exact) mass is 214 g/mol. The van der Waals surface area contributed by atoms with Gasteiger partial charge in [0.05, 0.1) is 5.25 Å². The third-order valence-corrected chi connectivity index (χ3v) is 3.73. The quantitative estimate of drug-likeness (QED) is 0.718. The lowest BCUT2D eigenvalue weighted by atomic mass is 10.1. The zero-order valence-electron chi connectivity index (χ0n) is 8.19. The average Bonchev–Trinajstić information content (AvgIpc) is 2.06. The number of nitrogen functional groups attached to an aromatic ring is 2. The molecule has 1 aromatic rings. The molecular weight excluding hydrogens is 200 g/mol. The van der Waals surface area contributed by atoms with E-state index in [1.54, 1.807) is 25.1 Å². The Hall–Kier alpha value is -1.23. The lowest BCUT2D eigenvalue weighted by molar-refractivity contribution is 0.592. The van der Waals surface area contributed by atoms with Crippen molar-refractivity contribution in [2.45, 2.75) is 12.2 Å². The van der Waals surface area contributed by atoms with Crippen molar-refractivity contribution >= 4 is 21.2 Å². The molecule has 0 amide bonds. The molecule has 4 N–H and O–H groups in total. The van der Waals surface area contributed by atoms with E-state index in [0.717, 1.165) is 0 Å². The number of hydrogen-bond acceptors (Lipinski definition) is 4. The second-order valence-electron chi connectivity index (χ2n) is 3.36. The van der Waals surface area contributed by atoms with E-state index in [1.165, 1.54) is 6.26 Å². The van der Waals surface area contributed by atoms with Gasteiger partial charge in [0, 0.05) is 17.6 Å². The zero-order chi connectivity index (χ0) is 10.9. The first-order valence-corrected chi connectivity index (χ1v) is 6.11. The Morgan fingerprint density at radius 1 is 1.29 bits per heavy atom. The van der Waals surface area contributed by atoms with E-state index >= 15 is 0 Å². The molecule has 78 valence electrons. The molecule has 5 heteroatoms. The largest absolute Gasteiger partial charge is 0.399 e. The van der Waals surface area contributed by atoms with Crippen LogP contribution in [0.25, 0.3) is 0 Å². The minimum absolute atomic E-state index is 0.456. The Balaban J connectivity index is 3.26. The molecule has 1 rings (SSSR count). The van der Waals surface area contributed by atoms with Crippen molar-refractivity contribution in [3.8, 4) is 0 Å². The number of rotatable bonds is 2. The topological polar surface area (TPSA) is 86.2 Å². The second kappa shape index (κ2) is 3.49. The zero-order valence-corrected chi connectivity index (χ0v) is 9.01. The Bertz CT molecular complexity index is 440. The molecule has 4 nitrogen and oxygen atoms in total. The third-order valence-electron chi connectivity index (χ3n) is 2.19. The van der Waals surface area contributed by atoms with E-state index in [2.05, 4.69) is 0 Å². The Kier molecular flexibility index (Phi) is 2.71. The molecule has 1 unspecified atom stereocenters. The number of benzene rings is 1. The molecule has 0 fully saturated rings. The van der Waals surface area contributed by atoms with Gasteiger partial charge in [-0.15, -0.1) is 0 Å². The van der Waals surface area contributed by atoms with Gasteiger partial charge < -0.3 is 11.5 Å². The minimum atomic E-state index is -3.13. The summed E-state index contributed by atoms with van der Waals surface area (Å²) in [6, 6.07) is 4.86. The summed E-state index contributed by atoms with van der Waals surface area (Å²) < 4.78 is 22.6. The number of hydrogen-bond donors (Lipinski definition) is 2. The molecule has 0 aliphatic carbocycles. The van der Waals surface area contributed by atoms with Crippen molar-refractivity contribution in [3.05, 3.63) is 23.8 Å². The highest BCUT2D eigenvalue weighted by molar-refractivity contribution is 7.90. The first kappa shape index (κ1) is 10.8. The van der Waals surface area contributed by atoms with Crippen LogP contribution in [0.3, 0.4) is 0 Å². The molecular formula is C9H14N2O2S. The van der Waals surface area contributed by atoms with Crippen LogP contribution >= 0.6 is 0 Å². The predicted molar refractivity (Wildman–Crippen MR) is 58.5 cm³/mol. The van der Waals surface area contributed by atoms with Crippen molar-refractivity contribution in [2.75, 3.05) is 17.7 Å². The summed E-state index contributed by atoms with van der Waals surface area (Å²) in [4.78, 5) is 0. The van der Waals surface area contributed by atoms with Crippen molar-refractivity contribution < 1.29 is 8.42 Å². The standard InChI is InChI=1S/C9H14N2O2S/c1-6(14(2,12)13)8-5-7(10)3-4-9(8)11/h3-6H,10-11H2,1-2H3. The molecule has 0 saturated heterocycles. The van der Waals surface area contributed by atoms with Gasteiger partial charge in [-0.3, -0.25) is 0 Å². The SMILES string of the molecule is CC(c1cc(N)ccc1N)S(C)(=O)=O. The maximum absolute atomic E-state index is 11.3. The number of nitrogens with two attached hydrogens (primary N) is 2. The predicted octanol–water partition coefficient (Wildman–Crippen LogP) is 0.957. The maximum atomic E-state index is 11.3. The molecule has 0 heterocycles. The second-order valence-corrected chi connectivity index (χ2v) is 5.73. The van der Waals surface area contributed by atoms with Crippen LogP contribution in [0.5, 0.6) is 0 Å². The van der Waals surface area contributed by atoms with Gasteiger partial charge in [0.1, 0.15) is 0 Å². The summed E-state index contributed by atoms with van der Waals surface area (Å²) in [5, 5.41) is -0.619. The van der Waals surface area contributed by atoms with Crippen molar-refractivity contribution in [1.29, 1.82) is 0 Å². The van der Waals surface area contributed by atoms with Crippen LogP contribution < -0.4 is 11.5 Å². The summed E-state index contributed by atoms with van der Waals surface area (Å²) in [5.41, 5.74) is 12.8. The van der Waals surface area contributed by atoms with Gasteiger partial charge >= 0.3 is 0 Å². The maximum Gasteiger partial charge on any atom is 0.154 e. The van der Waals surface area contributed by atoms with Crippen LogP contribution in [0.15, 0.2) is 18.2 Å². The van der Waals surface area contributed by atoms with Gasteiger partial charge in [-0.25, -0.2) is 8.42 Å².